The average Bonchev–Trinajstić information content (AvgIpc) is 2.35. The largest absolute Gasteiger partial charge is 0.496 e. The van der Waals surface area contributed by atoms with Gasteiger partial charge in [0.2, 0.25) is 0 Å². The Hall–Kier alpha value is -1.06. The number of nitrogens with one attached hydrogen (secondary N) is 1. The first-order valence-electron chi connectivity index (χ1n) is 5.86. The monoisotopic (exact) mass is 222 g/mol. The Kier molecular flexibility index (Phi) is 5.29. The summed E-state index contributed by atoms with van der Waals surface area (Å²) < 4.78 is 5.34. The number of hydrogen-bond donors (Lipinski definition) is 2. The summed E-state index contributed by atoms with van der Waals surface area (Å²) in [7, 11) is 1.68. The van der Waals surface area contributed by atoms with Crippen molar-refractivity contribution in [3.8, 4) is 5.75 Å². The molecule has 0 aliphatic carbocycles. The Balaban J connectivity index is 2.89. The van der Waals surface area contributed by atoms with E-state index in [0.29, 0.717) is 0 Å². The molecule has 3 nitrogen and oxygen atoms in total. The van der Waals surface area contributed by atoms with Gasteiger partial charge in [0.05, 0.1) is 7.11 Å². The highest BCUT2D eigenvalue weighted by Crippen LogP contribution is 2.25. The van der Waals surface area contributed by atoms with Gasteiger partial charge in [-0.3, -0.25) is 0 Å². The number of aryl methyl sites for hydroxylation is 1. The van der Waals surface area contributed by atoms with Gasteiger partial charge in [0.1, 0.15) is 5.75 Å². The van der Waals surface area contributed by atoms with Gasteiger partial charge in [-0.1, -0.05) is 26.0 Å². The van der Waals surface area contributed by atoms with E-state index in [0.717, 1.165) is 30.8 Å². The Morgan fingerprint density at radius 3 is 2.69 bits per heavy atom. The number of methoxy groups -OCH3 is 1. The van der Waals surface area contributed by atoms with E-state index >= 15 is 0 Å². The molecule has 1 atom stereocenters. The lowest BCUT2D eigenvalue weighted by Crippen LogP contribution is -2.27. The molecule has 0 bridgehead atoms. The van der Waals surface area contributed by atoms with Crippen LogP contribution in [0.4, 0.5) is 0 Å². The van der Waals surface area contributed by atoms with Crippen molar-refractivity contribution in [2.45, 2.75) is 26.3 Å². The van der Waals surface area contributed by atoms with Gasteiger partial charge in [0.25, 0.3) is 0 Å². The van der Waals surface area contributed by atoms with E-state index in [1.54, 1.807) is 7.11 Å². The van der Waals surface area contributed by atoms with Crippen LogP contribution < -0.4 is 15.8 Å². The standard InChI is InChI=1S/C13H22N2O/c1-4-10-6-7-13(16-3)11(8-10)12(14)9-15-5-2/h6-8,12,15H,4-5,9,14H2,1-3H3. The summed E-state index contributed by atoms with van der Waals surface area (Å²) in [5.74, 6) is 0.877. The molecular weight excluding hydrogens is 200 g/mol. The van der Waals surface area contributed by atoms with E-state index in [1.807, 2.05) is 6.07 Å². The van der Waals surface area contributed by atoms with Gasteiger partial charge in [0, 0.05) is 18.2 Å². The van der Waals surface area contributed by atoms with Gasteiger partial charge >= 0.3 is 0 Å². The topological polar surface area (TPSA) is 47.3 Å². The predicted octanol–water partition coefficient (Wildman–Crippen LogP) is 1.87. The Morgan fingerprint density at radius 1 is 1.38 bits per heavy atom. The third-order valence-electron chi connectivity index (χ3n) is 2.72. The normalized spacial score (nSPS) is 12.5. The van der Waals surface area contributed by atoms with Gasteiger partial charge in [0.15, 0.2) is 0 Å². The van der Waals surface area contributed by atoms with E-state index in [2.05, 4.69) is 31.3 Å². The molecule has 0 spiro atoms. The molecule has 1 rings (SSSR count). The van der Waals surface area contributed by atoms with Crippen molar-refractivity contribution in [3.05, 3.63) is 29.3 Å². The summed E-state index contributed by atoms with van der Waals surface area (Å²) in [6.45, 7) is 5.93. The van der Waals surface area contributed by atoms with E-state index in [-0.39, 0.29) is 6.04 Å². The molecule has 0 aliphatic heterocycles. The van der Waals surface area contributed by atoms with Crippen LogP contribution in [-0.2, 0) is 6.42 Å². The maximum absolute atomic E-state index is 6.14. The van der Waals surface area contributed by atoms with E-state index in [9.17, 15) is 0 Å². The van der Waals surface area contributed by atoms with Crippen LogP contribution in [0.15, 0.2) is 18.2 Å². The highest BCUT2D eigenvalue weighted by molar-refractivity contribution is 5.39. The molecule has 0 amide bonds. The maximum Gasteiger partial charge on any atom is 0.123 e. The molecule has 1 aromatic carbocycles. The lowest BCUT2D eigenvalue weighted by molar-refractivity contribution is 0.404. The molecule has 1 aromatic rings. The second-order valence-corrected chi connectivity index (χ2v) is 3.84. The second kappa shape index (κ2) is 6.51. The SMILES string of the molecule is CCNCC(N)c1cc(CC)ccc1OC. The number of nitrogens with two attached hydrogens (primary N) is 1. The van der Waals surface area contributed by atoms with Crippen LogP contribution in [0.25, 0.3) is 0 Å². The zero-order chi connectivity index (χ0) is 12.0. The van der Waals surface area contributed by atoms with Gasteiger partial charge in [-0.25, -0.2) is 0 Å². The molecule has 16 heavy (non-hydrogen) atoms. The van der Waals surface area contributed by atoms with Crippen molar-refractivity contribution in [3.63, 3.8) is 0 Å². The van der Waals surface area contributed by atoms with Crippen LogP contribution >= 0.6 is 0 Å². The lowest BCUT2D eigenvalue weighted by atomic mass is 10.0. The van der Waals surface area contributed by atoms with Crippen molar-refractivity contribution in [2.75, 3.05) is 20.2 Å². The molecule has 0 aromatic heterocycles. The molecule has 3 N–H and O–H groups in total. The Morgan fingerprint density at radius 2 is 2.12 bits per heavy atom. The summed E-state index contributed by atoms with van der Waals surface area (Å²) in [4.78, 5) is 0. The minimum Gasteiger partial charge on any atom is -0.496 e. The fourth-order valence-electron chi connectivity index (χ4n) is 1.70. The second-order valence-electron chi connectivity index (χ2n) is 3.84. The van der Waals surface area contributed by atoms with Crippen LogP contribution in [0.3, 0.4) is 0 Å². The zero-order valence-electron chi connectivity index (χ0n) is 10.4. The highest BCUT2D eigenvalue weighted by atomic mass is 16.5. The minimum atomic E-state index is -0.0126. The molecule has 90 valence electrons. The summed E-state index contributed by atoms with van der Waals surface area (Å²) in [5, 5.41) is 3.25. The van der Waals surface area contributed by atoms with Gasteiger partial charge < -0.3 is 15.8 Å². The quantitative estimate of drug-likeness (QED) is 0.772. The van der Waals surface area contributed by atoms with E-state index in [1.165, 1.54) is 5.56 Å². The number of hydrogen-bond acceptors (Lipinski definition) is 3. The number of likely N-dealkylation sites (N-methyl/N-ethyl adjacent to an activating group) is 1. The first-order valence-corrected chi connectivity index (χ1v) is 5.86. The van der Waals surface area contributed by atoms with E-state index < -0.39 is 0 Å². The summed E-state index contributed by atoms with van der Waals surface area (Å²) in [5.41, 5.74) is 8.52. The molecule has 3 heteroatoms. The molecular formula is C13H22N2O. The summed E-state index contributed by atoms with van der Waals surface area (Å²) >= 11 is 0. The van der Waals surface area contributed by atoms with Crippen LogP contribution in [0, 0.1) is 0 Å². The zero-order valence-corrected chi connectivity index (χ0v) is 10.4. The fraction of sp³-hybridized carbons (Fsp3) is 0.538. The van der Waals surface area contributed by atoms with E-state index in [4.69, 9.17) is 10.5 Å². The lowest BCUT2D eigenvalue weighted by Gasteiger charge is -2.17. The Bertz CT molecular complexity index is 326. The van der Waals surface area contributed by atoms with Crippen molar-refractivity contribution in [1.29, 1.82) is 0 Å². The smallest absolute Gasteiger partial charge is 0.123 e. The summed E-state index contributed by atoms with van der Waals surface area (Å²) in [6, 6.07) is 6.21. The van der Waals surface area contributed by atoms with Crippen LogP contribution in [0.2, 0.25) is 0 Å². The average molecular weight is 222 g/mol. The number of ether oxygens (including phenoxy) is 1. The molecule has 1 unspecified atom stereocenters. The van der Waals surface area contributed by atoms with Crippen molar-refractivity contribution < 1.29 is 4.74 Å². The minimum absolute atomic E-state index is 0.0126. The first-order chi connectivity index (χ1) is 7.72. The van der Waals surface area contributed by atoms with Crippen LogP contribution in [0.1, 0.15) is 31.0 Å². The third kappa shape index (κ3) is 3.22. The van der Waals surface area contributed by atoms with Gasteiger partial charge in [-0.15, -0.1) is 0 Å². The van der Waals surface area contributed by atoms with Crippen molar-refractivity contribution >= 4 is 0 Å². The van der Waals surface area contributed by atoms with Crippen LogP contribution in [-0.4, -0.2) is 20.2 Å². The Labute approximate surface area is 98.0 Å². The molecule has 0 saturated carbocycles. The molecule has 0 fully saturated rings. The molecule has 0 saturated heterocycles. The van der Waals surface area contributed by atoms with Crippen LogP contribution in [0.5, 0.6) is 5.75 Å². The van der Waals surface area contributed by atoms with Gasteiger partial charge in [-0.05, 0) is 24.6 Å². The number of rotatable bonds is 6. The molecule has 0 heterocycles. The molecule has 0 radical (unpaired) electrons. The van der Waals surface area contributed by atoms with Crippen molar-refractivity contribution in [2.24, 2.45) is 5.73 Å². The predicted molar refractivity (Wildman–Crippen MR) is 67.8 cm³/mol. The first kappa shape index (κ1) is 13.0. The summed E-state index contributed by atoms with van der Waals surface area (Å²) in [6.07, 6.45) is 1.02. The van der Waals surface area contributed by atoms with Gasteiger partial charge in [-0.2, -0.15) is 0 Å². The highest BCUT2D eigenvalue weighted by Gasteiger charge is 2.11. The number of benzene rings is 1. The molecule has 0 aliphatic rings. The maximum atomic E-state index is 6.14. The third-order valence-corrected chi connectivity index (χ3v) is 2.72. The fourth-order valence-corrected chi connectivity index (χ4v) is 1.70. The van der Waals surface area contributed by atoms with Crippen molar-refractivity contribution in [1.82, 2.24) is 5.32 Å².